The normalized spacial score (nSPS) is 17.7. The minimum atomic E-state index is -0.0392. The van der Waals surface area contributed by atoms with Gasteiger partial charge in [-0.1, -0.05) is 6.92 Å². The second-order valence-electron chi connectivity index (χ2n) is 6.41. The SMILES string of the molecule is CC[C@H]1CCCCN1C(=O)Nc1ccc(C(=O)N(C)C)c(C)c1. The number of nitrogens with zero attached hydrogens (tertiary/aromatic N) is 2. The zero-order valence-electron chi connectivity index (χ0n) is 14.6. The van der Waals surface area contributed by atoms with E-state index in [0.717, 1.165) is 37.1 Å². The lowest BCUT2D eigenvalue weighted by molar-refractivity contribution is 0.0827. The third-order valence-electron chi connectivity index (χ3n) is 4.47. The number of carbonyl (C=O) groups excluding carboxylic acids is 2. The minimum Gasteiger partial charge on any atom is -0.345 e. The Balaban J connectivity index is 2.09. The molecule has 126 valence electrons. The Bertz CT molecular complexity index is 584. The predicted molar refractivity (Wildman–Crippen MR) is 92.9 cm³/mol. The summed E-state index contributed by atoms with van der Waals surface area (Å²) in [6, 6.07) is 5.73. The number of nitrogens with one attached hydrogen (secondary N) is 1. The number of hydrogen-bond acceptors (Lipinski definition) is 2. The number of anilines is 1. The van der Waals surface area contributed by atoms with Crippen LogP contribution in [0.25, 0.3) is 0 Å². The second kappa shape index (κ2) is 7.49. The van der Waals surface area contributed by atoms with E-state index in [9.17, 15) is 9.59 Å². The van der Waals surface area contributed by atoms with E-state index < -0.39 is 0 Å². The number of amides is 3. The average Bonchev–Trinajstić information content (AvgIpc) is 2.54. The van der Waals surface area contributed by atoms with Crippen LogP contribution in [0.2, 0.25) is 0 Å². The van der Waals surface area contributed by atoms with Gasteiger partial charge in [0.1, 0.15) is 0 Å². The van der Waals surface area contributed by atoms with Crippen molar-refractivity contribution in [2.45, 2.75) is 45.6 Å². The maximum absolute atomic E-state index is 12.5. The highest BCUT2D eigenvalue weighted by Crippen LogP contribution is 2.22. The first-order chi connectivity index (χ1) is 10.9. The lowest BCUT2D eigenvalue weighted by Gasteiger charge is -2.35. The molecule has 0 aliphatic carbocycles. The molecule has 3 amide bonds. The van der Waals surface area contributed by atoms with E-state index in [4.69, 9.17) is 0 Å². The van der Waals surface area contributed by atoms with Crippen LogP contribution in [-0.2, 0) is 0 Å². The molecule has 0 aromatic heterocycles. The van der Waals surface area contributed by atoms with E-state index in [1.807, 2.05) is 17.9 Å². The van der Waals surface area contributed by atoms with Gasteiger partial charge in [0.2, 0.25) is 0 Å². The van der Waals surface area contributed by atoms with Crippen LogP contribution in [0, 0.1) is 6.92 Å². The van der Waals surface area contributed by atoms with Gasteiger partial charge in [0, 0.05) is 37.9 Å². The largest absolute Gasteiger partial charge is 0.345 e. The molecule has 1 atom stereocenters. The topological polar surface area (TPSA) is 52.7 Å². The van der Waals surface area contributed by atoms with Crippen LogP contribution in [0.5, 0.6) is 0 Å². The summed E-state index contributed by atoms with van der Waals surface area (Å²) in [5.74, 6) is -0.0255. The molecule has 1 aromatic rings. The number of likely N-dealkylation sites (tertiary alicyclic amines) is 1. The molecule has 0 saturated carbocycles. The Hall–Kier alpha value is -2.04. The molecule has 1 aliphatic rings. The maximum atomic E-state index is 12.5. The van der Waals surface area contributed by atoms with Gasteiger partial charge < -0.3 is 15.1 Å². The van der Waals surface area contributed by atoms with Crippen molar-refractivity contribution in [1.82, 2.24) is 9.80 Å². The lowest BCUT2D eigenvalue weighted by atomic mass is 10.0. The summed E-state index contributed by atoms with van der Waals surface area (Å²) in [7, 11) is 3.47. The molecule has 5 nitrogen and oxygen atoms in total. The van der Waals surface area contributed by atoms with Crippen molar-refractivity contribution < 1.29 is 9.59 Å². The van der Waals surface area contributed by atoms with Crippen LogP contribution >= 0.6 is 0 Å². The molecule has 1 aromatic carbocycles. The van der Waals surface area contributed by atoms with Crippen LogP contribution in [0.3, 0.4) is 0 Å². The van der Waals surface area contributed by atoms with E-state index in [1.165, 1.54) is 6.42 Å². The van der Waals surface area contributed by atoms with Gasteiger partial charge in [-0.25, -0.2) is 4.79 Å². The number of benzene rings is 1. The maximum Gasteiger partial charge on any atom is 0.322 e. The predicted octanol–water partition coefficient (Wildman–Crippen LogP) is 3.49. The first-order valence-corrected chi connectivity index (χ1v) is 8.34. The lowest BCUT2D eigenvalue weighted by Crippen LogP contribution is -2.45. The van der Waals surface area contributed by atoms with Gasteiger partial charge in [-0.15, -0.1) is 0 Å². The number of hydrogen-bond donors (Lipinski definition) is 1. The fourth-order valence-electron chi connectivity index (χ4n) is 3.11. The Morgan fingerprint density at radius 3 is 2.65 bits per heavy atom. The molecule has 0 unspecified atom stereocenters. The number of piperidine rings is 1. The van der Waals surface area contributed by atoms with Crippen molar-refractivity contribution in [3.05, 3.63) is 29.3 Å². The molecular formula is C18H27N3O2. The summed E-state index contributed by atoms with van der Waals surface area (Å²) >= 11 is 0. The van der Waals surface area contributed by atoms with Crippen molar-refractivity contribution >= 4 is 17.6 Å². The smallest absolute Gasteiger partial charge is 0.322 e. The Kier molecular flexibility index (Phi) is 5.64. The number of carbonyl (C=O) groups is 2. The fraction of sp³-hybridized carbons (Fsp3) is 0.556. The second-order valence-corrected chi connectivity index (χ2v) is 6.41. The molecule has 1 fully saturated rings. The van der Waals surface area contributed by atoms with E-state index >= 15 is 0 Å². The highest BCUT2D eigenvalue weighted by molar-refractivity contribution is 5.96. The van der Waals surface area contributed by atoms with Gasteiger partial charge in [-0.3, -0.25) is 4.79 Å². The van der Waals surface area contributed by atoms with Gasteiger partial charge in [-0.2, -0.15) is 0 Å². The van der Waals surface area contributed by atoms with Crippen molar-refractivity contribution in [2.24, 2.45) is 0 Å². The molecule has 1 heterocycles. The highest BCUT2D eigenvalue weighted by atomic mass is 16.2. The third-order valence-corrected chi connectivity index (χ3v) is 4.47. The summed E-state index contributed by atoms with van der Waals surface area (Å²) in [6.07, 6.45) is 4.34. The monoisotopic (exact) mass is 317 g/mol. The summed E-state index contributed by atoms with van der Waals surface area (Å²) in [6.45, 7) is 4.84. The van der Waals surface area contributed by atoms with E-state index in [2.05, 4.69) is 12.2 Å². The average molecular weight is 317 g/mol. The van der Waals surface area contributed by atoms with Crippen LogP contribution in [0.1, 0.15) is 48.5 Å². The van der Waals surface area contributed by atoms with Gasteiger partial charge in [0.25, 0.3) is 5.91 Å². The summed E-state index contributed by atoms with van der Waals surface area (Å²) in [4.78, 5) is 28.1. The Morgan fingerprint density at radius 1 is 1.30 bits per heavy atom. The molecule has 23 heavy (non-hydrogen) atoms. The Morgan fingerprint density at radius 2 is 2.04 bits per heavy atom. The first kappa shape index (κ1) is 17.3. The van der Waals surface area contributed by atoms with E-state index in [1.54, 1.807) is 31.1 Å². The standard InChI is InChI=1S/C18H27N3O2/c1-5-15-8-6-7-11-21(15)18(23)19-14-9-10-16(13(2)12-14)17(22)20(3)4/h9-10,12,15H,5-8,11H2,1-4H3,(H,19,23)/t15-/m0/s1. The quantitative estimate of drug-likeness (QED) is 0.927. The molecule has 5 heteroatoms. The number of urea groups is 1. The first-order valence-electron chi connectivity index (χ1n) is 8.34. The summed E-state index contributed by atoms with van der Waals surface area (Å²) in [5, 5.41) is 2.97. The van der Waals surface area contributed by atoms with Crippen LogP contribution < -0.4 is 5.32 Å². The molecule has 2 rings (SSSR count). The van der Waals surface area contributed by atoms with Crippen LogP contribution in [0.15, 0.2) is 18.2 Å². The molecule has 1 N–H and O–H groups in total. The van der Waals surface area contributed by atoms with Gasteiger partial charge in [-0.05, 0) is 56.4 Å². The molecule has 0 bridgehead atoms. The number of rotatable bonds is 3. The fourth-order valence-corrected chi connectivity index (χ4v) is 3.11. The van der Waals surface area contributed by atoms with Gasteiger partial charge >= 0.3 is 6.03 Å². The molecule has 1 saturated heterocycles. The molecule has 1 aliphatic heterocycles. The minimum absolute atomic E-state index is 0.0255. The van der Waals surface area contributed by atoms with Crippen molar-refractivity contribution in [3.8, 4) is 0 Å². The van der Waals surface area contributed by atoms with Gasteiger partial charge in [0.05, 0.1) is 0 Å². The zero-order valence-corrected chi connectivity index (χ0v) is 14.6. The molecule has 0 spiro atoms. The summed E-state index contributed by atoms with van der Waals surface area (Å²) < 4.78 is 0. The summed E-state index contributed by atoms with van der Waals surface area (Å²) in [5.41, 5.74) is 2.27. The molecular weight excluding hydrogens is 290 g/mol. The highest BCUT2D eigenvalue weighted by Gasteiger charge is 2.25. The number of aryl methyl sites for hydroxylation is 1. The van der Waals surface area contributed by atoms with E-state index in [0.29, 0.717) is 11.6 Å². The third kappa shape index (κ3) is 4.03. The molecule has 0 radical (unpaired) electrons. The van der Waals surface area contributed by atoms with Crippen molar-refractivity contribution in [2.75, 3.05) is 26.0 Å². The zero-order chi connectivity index (χ0) is 17.0. The Labute approximate surface area is 138 Å². The van der Waals surface area contributed by atoms with Crippen LogP contribution in [-0.4, -0.2) is 48.4 Å². The van der Waals surface area contributed by atoms with Crippen molar-refractivity contribution in [1.29, 1.82) is 0 Å². The van der Waals surface area contributed by atoms with Crippen LogP contribution in [0.4, 0.5) is 10.5 Å². The van der Waals surface area contributed by atoms with E-state index in [-0.39, 0.29) is 11.9 Å². The van der Waals surface area contributed by atoms with Gasteiger partial charge in [0.15, 0.2) is 0 Å². The van der Waals surface area contributed by atoms with Crippen molar-refractivity contribution in [3.63, 3.8) is 0 Å².